The summed E-state index contributed by atoms with van der Waals surface area (Å²) in [5.41, 5.74) is 1.07. The molecule has 1 aliphatic heterocycles. The monoisotopic (exact) mass is 301 g/mol. The van der Waals surface area contributed by atoms with Gasteiger partial charge in [0.05, 0.1) is 5.02 Å². The van der Waals surface area contributed by atoms with E-state index in [0.717, 1.165) is 17.3 Å². The maximum atomic E-state index is 11.2. The van der Waals surface area contributed by atoms with E-state index < -0.39 is 0 Å². The van der Waals surface area contributed by atoms with Crippen molar-refractivity contribution in [3.8, 4) is 0 Å². The molecule has 1 N–H and O–H groups in total. The Bertz CT molecular complexity index is 435. The van der Waals surface area contributed by atoms with Gasteiger partial charge in [0.2, 0.25) is 5.91 Å². The maximum Gasteiger partial charge on any atom is 0.220 e. The van der Waals surface area contributed by atoms with Crippen LogP contribution in [0.1, 0.15) is 25.3 Å². The van der Waals surface area contributed by atoms with Gasteiger partial charge in [0.15, 0.2) is 0 Å². The van der Waals surface area contributed by atoms with Crippen molar-refractivity contribution in [1.29, 1.82) is 0 Å². The average Bonchev–Trinajstić information content (AvgIpc) is 2.52. The molecular weight excluding hydrogens is 289 g/mol. The van der Waals surface area contributed by atoms with Gasteiger partial charge in [-0.05, 0) is 53.4 Å². The zero-order valence-electron chi connectivity index (χ0n) is 9.02. The minimum atomic E-state index is -0.107. The Morgan fingerprint density at radius 2 is 2.31 bits per heavy atom. The molecule has 0 saturated carbocycles. The van der Waals surface area contributed by atoms with Crippen LogP contribution in [0.2, 0.25) is 5.02 Å². The summed E-state index contributed by atoms with van der Waals surface area (Å²) in [6.45, 7) is 2.08. The van der Waals surface area contributed by atoms with Gasteiger partial charge in [-0.2, -0.15) is 0 Å². The number of rotatable bonds is 2. The molecule has 2 nitrogen and oxygen atoms in total. The zero-order chi connectivity index (χ0) is 11.8. The van der Waals surface area contributed by atoms with Crippen LogP contribution in [-0.4, -0.2) is 11.4 Å². The first kappa shape index (κ1) is 11.9. The van der Waals surface area contributed by atoms with Crippen molar-refractivity contribution in [3.63, 3.8) is 0 Å². The molecule has 1 saturated heterocycles. The maximum absolute atomic E-state index is 11.2. The Morgan fingerprint density at radius 1 is 1.56 bits per heavy atom. The highest BCUT2D eigenvalue weighted by Crippen LogP contribution is 2.28. The van der Waals surface area contributed by atoms with Gasteiger partial charge >= 0.3 is 0 Å². The lowest BCUT2D eigenvalue weighted by atomic mass is 9.91. The van der Waals surface area contributed by atoms with Gasteiger partial charge in [-0.1, -0.05) is 17.7 Å². The van der Waals surface area contributed by atoms with Gasteiger partial charge in [-0.3, -0.25) is 4.79 Å². The van der Waals surface area contributed by atoms with Crippen LogP contribution in [0.15, 0.2) is 22.7 Å². The molecule has 4 heteroatoms. The molecule has 0 radical (unpaired) electrons. The molecule has 2 rings (SSSR count). The highest BCUT2D eigenvalue weighted by molar-refractivity contribution is 9.10. The van der Waals surface area contributed by atoms with E-state index in [9.17, 15) is 4.79 Å². The zero-order valence-corrected chi connectivity index (χ0v) is 11.4. The minimum Gasteiger partial charge on any atom is -0.351 e. The topological polar surface area (TPSA) is 29.1 Å². The number of amides is 1. The molecule has 1 aliphatic rings. The fourth-order valence-corrected chi connectivity index (χ4v) is 2.63. The first-order chi connectivity index (χ1) is 7.48. The van der Waals surface area contributed by atoms with Gasteiger partial charge < -0.3 is 5.32 Å². The molecule has 16 heavy (non-hydrogen) atoms. The lowest BCUT2D eigenvalue weighted by Gasteiger charge is -2.24. The minimum absolute atomic E-state index is 0.107. The van der Waals surface area contributed by atoms with E-state index in [0.29, 0.717) is 11.4 Å². The van der Waals surface area contributed by atoms with Crippen LogP contribution in [0.4, 0.5) is 0 Å². The van der Waals surface area contributed by atoms with Crippen LogP contribution in [0.3, 0.4) is 0 Å². The van der Waals surface area contributed by atoms with E-state index in [-0.39, 0.29) is 11.4 Å². The van der Waals surface area contributed by atoms with Gasteiger partial charge in [0, 0.05) is 16.4 Å². The number of hydrogen-bond donors (Lipinski definition) is 1. The quantitative estimate of drug-likeness (QED) is 0.892. The number of benzene rings is 1. The van der Waals surface area contributed by atoms with Crippen molar-refractivity contribution < 1.29 is 4.79 Å². The van der Waals surface area contributed by atoms with E-state index in [1.807, 2.05) is 18.2 Å². The summed E-state index contributed by atoms with van der Waals surface area (Å²) in [6.07, 6.45) is 2.37. The van der Waals surface area contributed by atoms with Crippen LogP contribution in [0.5, 0.6) is 0 Å². The second kappa shape index (κ2) is 4.38. The van der Waals surface area contributed by atoms with Crippen molar-refractivity contribution >= 4 is 33.4 Å². The summed E-state index contributed by atoms with van der Waals surface area (Å²) in [5.74, 6) is 0.149. The Hall–Kier alpha value is -0.540. The van der Waals surface area contributed by atoms with Gasteiger partial charge in [-0.25, -0.2) is 0 Å². The number of nitrogens with one attached hydrogen (secondary N) is 1. The Balaban J connectivity index is 2.14. The van der Waals surface area contributed by atoms with Crippen molar-refractivity contribution in [1.82, 2.24) is 5.32 Å². The average molecular weight is 303 g/mol. The van der Waals surface area contributed by atoms with E-state index in [1.54, 1.807) is 0 Å². The lowest BCUT2D eigenvalue weighted by Crippen LogP contribution is -2.40. The molecule has 1 atom stereocenters. The van der Waals surface area contributed by atoms with Crippen molar-refractivity contribution in [2.24, 2.45) is 0 Å². The summed E-state index contributed by atoms with van der Waals surface area (Å²) in [7, 11) is 0. The molecule has 0 bridgehead atoms. The normalized spacial score (nSPS) is 24.6. The second-order valence-corrected chi connectivity index (χ2v) is 5.80. The molecule has 86 valence electrons. The lowest BCUT2D eigenvalue weighted by molar-refractivity contribution is -0.119. The van der Waals surface area contributed by atoms with E-state index >= 15 is 0 Å². The summed E-state index contributed by atoms with van der Waals surface area (Å²) >= 11 is 9.34. The predicted octanol–water partition coefficient (Wildman–Crippen LogP) is 3.31. The van der Waals surface area contributed by atoms with Gasteiger partial charge in [0.1, 0.15) is 0 Å². The van der Waals surface area contributed by atoms with Crippen LogP contribution in [0, 0.1) is 0 Å². The first-order valence-electron chi connectivity index (χ1n) is 5.23. The first-order valence-corrected chi connectivity index (χ1v) is 6.41. The highest BCUT2D eigenvalue weighted by atomic mass is 79.9. The summed E-state index contributed by atoms with van der Waals surface area (Å²) in [6, 6.07) is 5.89. The molecule has 0 aliphatic carbocycles. The Morgan fingerprint density at radius 3 is 2.88 bits per heavy atom. The predicted molar refractivity (Wildman–Crippen MR) is 68.6 cm³/mol. The van der Waals surface area contributed by atoms with Crippen molar-refractivity contribution in [2.45, 2.75) is 31.7 Å². The molecule has 0 spiro atoms. The summed E-state index contributed by atoms with van der Waals surface area (Å²) < 4.78 is 0.902. The van der Waals surface area contributed by atoms with E-state index in [4.69, 9.17) is 11.6 Å². The third kappa shape index (κ3) is 2.58. The van der Waals surface area contributed by atoms with Crippen LogP contribution in [0.25, 0.3) is 0 Å². The summed E-state index contributed by atoms with van der Waals surface area (Å²) in [5, 5.41) is 3.74. The third-order valence-electron chi connectivity index (χ3n) is 2.92. The van der Waals surface area contributed by atoms with Crippen molar-refractivity contribution in [2.75, 3.05) is 0 Å². The van der Waals surface area contributed by atoms with Crippen LogP contribution >= 0.6 is 27.5 Å². The third-order valence-corrected chi connectivity index (χ3v) is 4.14. The number of halogens is 2. The van der Waals surface area contributed by atoms with E-state index in [1.165, 1.54) is 5.56 Å². The van der Waals surface area contributed by atoms with Gasteiger partial charge in [-0.15, -0.1) is 0 Å². The van der Waals surface area contributed by atoms with Crippen LogP contribution in [-0.2, 0) is 11.2 Å². The smallest absolute Gasteiger partial charge is 0.220 e. The molecule has 0 aromatic heterocycles. The second-order valence-electron chi connectivity index (χ2n) is 4.53. The number of hydrogen-bond acceptors (Lipinski definition) is 1. The molecule has 1 heterocycles. The highest BCUT2D eigenvalue weighted by Gasteiger charge is 2.32. The molecular formula is C12H13BrClNO. The molecule has 1 aromatic carbocycles. The summed E-state index contributed by atoms with van der Waals surface area (Å²) in [4.78, 5) is 11.2. The number of carbonyl (C=O) groups is 1. The Kier molecular flexibility index (Phi) is 3.27. The molecule has 1 amide bonds. The Labute approximate surface area is 108 Å². The molecule has 1 aromatic rings. The van der Waals surface area contributed by atoms with E-state index in [2.05, 4.69) is 28.2 Å². The fraction of sp³-hybridized carbons (Fsp3) is 0.417. The van der Waals surface area contributed by atoms with Crippen LogP contribution < -0.4 is 5.32 Å². The fourth-order valence-electron chi connectivity index (χ4n) is 2.08. The van der Waals surface area contributed by atoms with Gasteiger partial charge in [0.25, 0.3) is 0 Å². The standard InChI is InChI=1S/C12H13BrClNO/c1-12(5-4-11(16)15-12)7-8-2-3-10(14)9(13)6-8/h2-3,6H,4-5,7H2,1H3,(H,15,16). The largest absolute Gasteiger partial charge is 0.351 e. The van der Waals surface area contributed by atoms with Crippen molar-refractivity contribution in [3.05, 3.63) is 33.3 Å². The molecule has 1 fully saturated rings. The number of carbonyl (C=O) groups excluding carboxylic acids is 1. The molecule has 1 unspecified atom stereocenters. The SMILES string of the molecule is CC1(Cc2ccc(Cl)c(Br)c2)CCC(=O)N1.